The highest BCUT2D eigenvalue weighted by molar-refractivity contribution is 7.15. The molecule has 0 fully saturated rings. The van der Waals surface area contributed by atoms with E-state index in [1.165, 1.54) is 11.3 Å². The Morgan fingerprint density at radius 1 is 1.12 bits per heavy atom. The molecule has 1 heterocycles. The number of ether oxygens (including phenoxy) is 1. The number of hydrogen-bond donors (Lipinski definition) is 1. The molecule has 0 bridgehead atoms. The van der Waals surface area contributed by atoms with Crippen LogP contribution in [0.15, 0.2) is 24.3 Å². The second-order valence-corrected chi connectivity index (χ2v) is 6.60. The molecule has 0 aliphatic rings. The van der Waals surface area contributed by atoms with Gasteiger partial charge in [0.1, 0.15) is 10.8 Å². The summed E-state index contributed by atoms with van der Waals surface area (Å²) in [4.78, 5) is 24.1. The van der Waals surface area contributed by atoms with Crippen molar-refractivity contribution in [3.63, 3.8) is 0 Å². The van der Waals surface area contributed by atoms with Crippen LogP contribution < -0.4 is 10.1 Å². The number of nitrogens with zero attached hydrogens (tertiary/aromatic N) is 2. The van der Waals surface area contributed by atoms with Gasteiger partial charge in [0.25, 0.3) is 0 Å². The number of amides is 1. The van der Waals surface area contributed by atoms with E-state index in [-0.39, 0.29) is 24.5 Å². The lowest BCUT2D eigenvalue weighted by atomic mass is 10.1. The summed E-state index contributed by atoms with van der Waals surface area (Å²) in [5, 5.41) is 12.1. The fraction of sp³-hybridized carbons (Fsp3) is 0.444. The van der Waals surface area contributed by atoms with Gasteiger partial charge in [-0.1, -0.05) is 24.7 Å². The lowest BCUT2D eigenvalue weighted by molar-refractivity contribution is -0.116. The first-order valence-corrected chi connectivity index (χ1v) is 9.32. The van der Waals surface area contributed by atoms with Crippen LogP contribution in [0.4, 0.5) is 5.13 Å². The highest BCUT2D eigenvalue weighted by atomic mass is 32.1. The monoisotopic (exact) mass is 361 g/mol. The molecule has 1 N–H and O–H groups in total. The topological polar surface area (TPSA) is 81.2 Å². The van der Waals surface area contributed by atoms with E-state index in [9.17, 15) is 9.59 Å². The Balaban J connectivity index is 1.78. The summed E-state index contributed by atoms with van der Waals surface area (Å²) in [5.74, 6) is 0.434. The van der Waals surface area contributed by atoms with Gasteiger partial charge in [0.15, 0.2) is 5.78 Å². The van der Waals surface area contributed by atoms with Gasteiger partial charge in [-0.25, -0.2) is 0 Å². The van der Waals surface area contributed by atoms with E-state index in [1.807, 2.05) is 6.92 Å². The number of ketones is 1. The average molecular weight is 361 g/mol. The molecule has 0 saturated carbocycles. The Bertz CT molecular complexity index is 698. The molecule has 25 heavy (non-hydrogen) atoms. The minimum atomic E-state index is -0.225. The van der Waals surface area contributed by atoms with Crippen molar-refractivity contribution < 1.29 is 14.3 Å². The molecule has 1 aromatic carbocycles. The molecule has 2 aromatic rings. The summed E-state index contributed by atoms with van der Waals surface area (Å²) >= 11 is 1.39. The number of nitrogens with one attached hydrogen (secondary N) is 1. The number of anilines is 1. The number of unbranched alkanes of at least 4 members (excludes halogenated alkanes) is 1. The molecular formula is C18H23N3O3S. The zero-order valence-electron chi connectivity index (χ0n) is 14.6. The molecule has 0 aliphatic carbocycles. The van der Waals surface area contributed by atoms with Crippen LogP contribution in [0.3, 0.4) is 0 Å². The SMILES string of the molecule is CCCCc1nnc(NC(=O)CCC(=O)c2ccc(OCC)cc2)s1. The van der Waals surface area contributed by atoms with Gasteiger partial charge in [-0.3, -0.25) is 9.59 Å². The summed E-state index contributed by atoms with van der Waals surface area (Å²) in [5.41, 5.74) is 0.578. The van der Waals surface area contributed by atoms with E-state index in [0.717, 1.165) is 30.0 Å². The van der Waals surface area contributed by atoms with Gasteiger partial charge in [0.2, 0.25) is 11.0 Å². The third kappa shape index (κ3) is 6.26. The van der Waals surface area contributed by atoms with E-state index in [2.05, 4.69) is 22.4 Å². The predicted octanol–water partition coefficient (Wildman–Crippen LogP) is 3.88. The number of rotatable bonds is 10. The minimum absolute atomic E-state index is 0.0703. The minimum Gasteiger partial charge on any atom is -0.494 e. The first-order valence-electron chi connectivity index (χ1n) is 8.50. The smallest absolute Gasteiger partial charge is 0.226 e. The van der Waals surface area contributed by atoms with Crippen molar-refractivity contribution in [1.29, 1.82) is 0 Å². The molecule has 0 aliphatic heterocycles. The molecule has 6 nitrogen and oxygen atoms in total. The van der Waals surface area contributed by atoms with Crippen molar-refractivity contribution in [3.05, 3.63) is 34.8 Å². The maximum Gasteiger partial charge on any atom is 0.226 e. The van der Waals surface area contributed by atoms with Gasteiger partial charge in [-0.15, -0.1) is 10.2 Å². The van der Waals surface area contributed by atoms with E-state index < -0.39 is 0 Å². The van der Waals surface area contributed by atoms with Crippen LogP contribution in [0.2, 0.25) is 0 Å². The quantitative estimate of drug-likeness (QED) is 0.650. The van der Waals surface area contributed by atoms with Crippen LogP contribution in [0, 0.1) is 0 Å². The van der Waals surface area contributed by atoms with Crippen molar-refractivity contribution in [1.82, 2.24) is 10.2 Å². The van der Waals surface area contributed by atoms with Crippen LogP contribution in [0.25, 0.3) is 0 Å². The maximum atomic E-state index is 12.1. The standard InChI is InChI=1S/C18H23N3O3S/c1-3-5-6-17-20-21-18(25-17)19-16(23)12-11-15(22)13-7-9-14(10-8-13)24-4-2/h7-10H,3-6,11-12H2,1-2H3,(H,19,21,23). The Morgan fingerprint density at radius 3 is 2.56 bits per heavy atom. The molecule has 0 radical (unpaired) electrons. The average Bonchev–Trinajstić information content (AvgIpc) is 3.06. The number of hydrogen-bond acceptors (Lipinski definition) is 6. The van der Waals surface area contributed by atoms with Gasteiger partial charge >= 0.3 is 0 Å². The zero-order valence-corrected chi connectivity index (χ0v) is 15.4. The number of carbonyl (C=O) groups excluding carboxylic acids is 2. The van der Waals surface area contributed by atoms with Crippen molar-refractivity contribution in [2.75, 3.05) is 11.9 Å². The van der Waals surface area contributed by atoms with E-state index in [4.69, 9.17) is 4.74 Å². The molecule has 2 rings (SSSR count). The molecule has 0 unspecified atom stereocenters. The highest BCUT2D eigenvalue weighted by Crippen LogP contribution is 2.18. The molecule has 1 amide bonds. The second-order valence-electron chi connectivity index (χ2n) is 5.53. The number of aryl methyl sites for hydroxylation is 1. The summed E-state index contributed by atoms with van der Waals surface area (Å²) in [6.07, 6.45) is 3.30. The Kier molecular flexibility index (Phi) is 7.53. The number of benzene rings is 1. The largest absolute Gasteiger partial charge is 0.494 e. The van der Waals surface area contributed by atoms with Gasteiger partial charge in [0.05, 0.1) is 6.61 Å². The Labute approximate surface area is 151 Å². The van der Waals surface area contributed by atoms with Gasteiger partial charge in [-0.2, -0.15) is 0 Å². The van der Waals surface area contributed by atoms with E-state index in [1.54, 1.807) is 24.3 Å². The number of Topliss-reactive ketones (excluding diaryl/α,β-unsaturated/α-hetero) is 1. The van der Waals surface area contributed by atoms with Crippen molar-refractivity contribution >= 4 is 28.2 Å². The van der Waals surface area contributed by atoms with Crippen LogP contribution in [-0.4, -0.2) is 28.5 Å². The molecule has 0 atom stereocenters. The third-order valence-corrected chi connectivity index (χ3v) is 4.42. The Morgan fingerprint density at radius 2 is 1.88 bits per heavy atom. The molecule has 0 spiro atoms. The number of aromatic nitrogens is 2. The van der Waals surface area contributed by atoms with Crippen molar-refractivity contribution in [3.8, 4) is 5.75 Å². The van der Waals surface area contributed by atoms with Crippen molar-refractivity contribution in [2.24, 2.45) is 0 Å². The molecular weight excluding hydrogens is 338 g/mol. The van der Waals surface area contributed by atoms with Gasteiger partial charge < -0.3 is 10.1 Å². The van der Waals surface area contributed by atoms with Crippen LogP contribution >= 0.6 is 11.3 Å². The molecule has 7 heteroatoms. The normalized spacial score (nSPS) is 10.5. The van der Waals surface area contributed by atoms with Gasteiger partial charge in [0, 0.05) is 24.8 Å². The second kappa shape index (κ2) is 9.88. The lowest BCUT2D eigenvalue weighted by Crippen LogP contribution is -2.13. The lowest BCUT2D eigenvalue weighted by Gasteiger charge is -2.04. The van der Waals surface area contributed by atoms with Crippen LogP contribution in [-0.2, 0) is 11.2 Å². The van der Waals surface area contributed by atoms with Crippen LogP contribution in [0.5, 0.6) is 5.75 Å². The fourth-order valence-electron chi connectivity index (χ4n) is 2.19. The summed E-state index contributed by atoms with van der Waals surface area (Å²) < 4.78 is 5.34. The maximum absolute atomic E-state index is 12.1. The summed E-state index contributed by atoms with van der Waals surface area (Å²) in [6.45, 7) is 4.60. The first-order chi connectivity index (χ1) is 12.1. The summed E-state index contributed by atoms with van der Waals surface area (Å²) in [7, 11) is 0. The molecule has 1 aromatic heterocycles. The van der Waals surface area contributed by atoms with Crippen molar-refractivity contribution in [2.45, 2.75) is 46.0 Å². The zero-order chi connectivity index (χ0) is 18.1. The summed E-state index contributed by atoms with van der Waals surface area (Å²) in [6, 6.07) is 6.96. The third-order valence-electron chi connectivity index (χ3n) is 3.52. The fourth-order valence-corrected chi connectivity index (χ4v) is 2.99. The molecule has 0 saturated heterocycles. The van der Waals surface area contributed by atoms with E-state index >= 15 is 0 Å². The Hall–Kier alpha value is -2.28. The highest BCUT2D eigenvalue weighted by Gasteiger charge is 2.12. The number of carbonyl (C=O) groups is 2. The van der Waals surface area contributed by atoms with Crippen LogP contribution in [0.1, 0.15) is 54.9 Å². The van der Waals surface area contributed by atoms with Gasteiger partial charge in [-0.05, 0) is 37.6 Å². The molecule has 134 valence electrons. The predicted molar refractivity (Wildman–Crippen MR) is 98.3 cm³/mol. The first kappa shape index (κ1) is 19.1. The van der Waals surface area contributed by atoms with E-state index in [0.29, 0.717) is 17.3 Å².